The molecule has 0 heterocycles. The zero-order chi connectivity index (χ0) is 23.1. The standard InChI is InChI=1S/C29H47P/c1-20(2)24-18-26(23-16-14-13-15-17-23)29(22(5)6,19-25(24)21(3)4)30(27(7,8)9)28(10,11)12/h13-18,20-22H,19H2,1-12H3. The summed E-state index contributed by atoms with van der Waals surface area (Å²) in [5, 5.41) is 0.706. The fourth-order valence-corrected chi connectivity index (χ4v) is 11.7. The second kappa shape index (κ2) is 8.94. The molecule has 0 radical (unpaired) electrons. The molecule has 0 amide bonds. The van der Waals surface area contributed by atoms with E-state index in [1.165, 1.54) is 12.0 Å². The van der Waals surface area contributed by atoms with Crippen molar-refractivity contribution in [3.63, 3.8) is 0 Å². The van der Waals surface area contributed by atoms with Gasteiger partial charge >= 0.3 is 0 Å². The van der Waals surface area contributed by atoms with Gasteiger partial charge in [-0.05, 0) is 51.2 Å². The smallest absolute Gasteiger partial charge is 0.0230 e. The van der Waals surface area contributed by atoms with Crippen LogP contribution in [0.2, 0.25) is 0 Å². The lowest BCUT2D eigenvalue weighted by atomic mass is 9.70. The summed E-state index contributed by atoms with van der Waals surface area (Å²) in [7, 11) is -0.340. The van der Waals surface area contributed by atoms with E-state index in [-0.39, 0.29) is 23.4 Å². The lowest BCUT2D eigenvalue weighted by Crippen LogP contribution is -2.47. The second-order valence-electron chi connectivity index (χ2n) is 12.1. The highest BCUT2D eigenvalue weighted by molar-refractivity contribution is 7.63. The van der Waals surface area contributed by atoms with Crippen LogP contribution in [-0.4, -0.2) is 15.5 Å². The number of hydrogen-bond donors (Lipinski definition) is 0. The van der Waals surface area contributed by atoms with Crippen LogP contribution in [0, 0.1) is 17.8 Å². The quantitative estimate of drug-likeness (QED) is 0.411. The Bertz CT molecular complexity index is 764. The molecule has 168 valence electrons. The summed E-state index contributed by atoms with van der Waals surface area (Å²) in [6.07, 6.45) is 3.84. The van der Waals surface area contributed by atoms with Crippen LogP contribution in [0.4, 0.5) is 0 Å². The molecule has 1 unspecified atom stereocenters. The molecule has 1 aliphatic rings. The van der Waals surface area contributed by atoms with Gasteiger partial charge in [0.2, 0.25) is 0 Å². The van der Waals surface area contributed by atoms with E-state index in [4.69, 9.17) is 0 Å². The van der Waals surface area contributed by atoms with E-state index in [1.54, 1.807) is 16.7 Å². The minimum atomic E-state index is -0.340. The van der Waals surface area contributed by atoms with Crippen LogP contribution in [0.3, 0.4) is 0 Å². The van der Waals surface area contributed by atoms with E-state index >= 15 is 0 Å². The van der Waals surface area contributed by atoms with Gasteiger partial charge in [0.25, 0.3) is 0 Å². The Kier molecular flexibility index (Phi) is 7.56. The van der Waals surface area contributed by atoms with E-state index in [9.17, 15) is 0 Å². The molecule has 0 spiro atoms. The first kappa shape index (κ1) is 25.4. The van der Waals surface area contributed by atoms with Gasteiger partial charge in [-0.25, -0.2) is 0 Å². The van der Waals surface area contributed by atoms with E-state index in [0.29, 0.717) is 17.8 Å². The molecular weight excluding hydrogens is 379 g/mol. The van der Waals surface area contributed by atoms with Crippen molar-refractivity contribution in [1.82, 2.24) is 0 Å². The highest BCUT2D eigenvalue weighted by Crippen LogP contribution is 2.75. The molecule has 1 aromatic carbocycles. The lowest BCUT2D eigenvalue weighted by Gasteiger charge is -2.59. The Morgan fingerprint density at radius 1 is 0.767 bits per heavy atom. The predicted molar refractivity (Wildman–Crippen MR) is 140 cm³/mol. The third-order valence-electron chi connectivity index (χ3n) is 6.70. The van der Waals surface area contributed by atoms with Gasteiger partial charge in [-0.1, -0.05) is 133 Å². The van der Waals surface area contributed by atoms with Crippen molar-refractivity contribution >= 4 is 13.5 Å². The van der Waals surface area contributed by atoms with E-state index in [2.05, 4.69) is 119 Å². The molecule has 1 atom stereocenters. The van der Waals surface area contributed by atoms with Gasteiger partial charge in [0, 0.05) is 5.16 Å². The third kappa shape index (κ3) is 4.80. The number of rotatable bonds is 5. The molecule has 0 nitrogen and oxygen atoms in total. The Hall–Kier alpha value is -0.870. The molecule has 30 heavy (non-hydrogen) atoms. The molecule has 0 aromatic heterocycles. The largest absolute Gasteiger partial charge is 0.0841 e. The van der Waals surface area contributed by atoms with Crippen LogP contribution in [0.25, 0.3) is 5.57 Å². The van der Waals surface area contributed by atoms with Crippen molar-refractivity contribution in [2.24, 2.45) is 17.8 Å². The molecule has 2 rings (SSSR count). The molecule has 0 aliphatic heterocycles. The summed E-state index contributed by atoms with van der Waals surface area (Å²) in [5.74, 6) is 1.73. The molecule has 0 saturated heterocycles. The van der Waals surface area contributed by atoms with Crippen molar-refractivity contribution < 1.29 is 0 Å². The monoisotopic (exact) mass is 426 g/mol. The van der Waals surface area contributed by atoms with Crippen molar-refractivity contribution in [2.75, 3.05) is 0 Å². The Morgan fingerprint density at radius 3 is 1.63 bits per heavy atom. The van der Waals surface area contributed by atoms with Crippen LogP contribution < -0.4 is 0 Å². The Balaban J connectivity index is 2.98. The maximum absolute atomic E-state index is 2.63. The first-order valence-corrected chi connectivity index (χ1v) is 13.3. The van der Waals surface area contributed by atoms with Gasteiger partial charge in [0.1, 0.15) is 0 Å². The molecule has 0 bridgehead atoms. The summed E-state index contributed by atoms with van der Waals surface area (Å²) in [6.45, 7) is 29.5. The first-order chi connectivity index (χ1) is 13.6. The van der Waals surface area contributed by atoms with Gasteiger partial charge in [-0.2, -0.15) is 0 Å². The third-order valence-corrected chi connectivity index (χ3v) is 11.1. The summed E-state index contributed by atoms with van der Waals surface area (Å²) >= 11 is 0. The minimum absolute atomic E-state index is 0.172. The van der Waals surface area contributed by atoms with Gasteiger partial charge in [0.15, 0.2) is 0 Å². The fourth-order valence-electron chi connectivity index (χ4n) is 6.06. The second-order valence-corrected chi connectivity index (χ2v) is 16.3. The average Bonchev–Trinajstić information content (AvgIpc) is 2.59. The highest BCUT2D eigenvalue weighted by Gasteiger charge is 2.55. The molecule has 1 heteroatoms. The van der Waals surface area contributed by atoms with E-state index in [0.717, 1.165) is 0 Å². The SMILES string of the molecule is CC(C)C1=C(C(C)C)CC(C(C)C)(P(C(C)(C)C)C(C)(C)C)C(c2ccccc2)=C1. The molecule has 1 aromatic rings. The zero-order valence-corrected chi connectivity index (χ0v) is 22.7. The van der Waals surface area contributed by atoms with E-state index in [1.807, 2.05) is 0 Å². The van der Waals surface area contributed by atoms with E-state index < -0.39 is 0 Å². The topological polar surface area (TPSA) is 0 Å². The molecule has 0 N–H and O–H groups in total. The Morgan fingerprint density at radius 2 is 1.27 bits per heavy atom. The summed E-state index contributed by atoms with van der Waals surface area (Å²) < 4.78 is 0. The summed E-state index contributed by atoms with van der Waals surface area (Å²) in [5.41, 5.74) is 6.30. The number of allylic oxidation sites excluding steroid dienone is 4. The fraction of sp³-hybridized carbons (Fsp3) is 0.655. The van der Waals surface area contributed by atoms with Crippen LogP contribution in [-0.2, 0) is 0 Å². The highest BCUT2D eigenvalue weighted by atomic mass is 31.1. The van der Waals surface area contributed by atoms with Gasteiger partial charge < -0.3 is 0 Å². The maximum Gasteiger partial charge on any atom is 0.0230 e. The van der Waals surface area contributed by atoms with Gasteiger partial charge in [0.05, 0.1) is 0 Å². The van der Waals surface area contributed by atoms with Crippen molar-refractivity contribution in [1.29, 1.82) is 0 Å². The first-order valence-electron chi connectivity index (χ1n) is 11.9. The van der Waals surface area contributed by atoms with Crippen LogP contribution in [0.5, 0.6) is 0 Å². The zero-order valence-electron chi connectivity index (χ0n) is 21.9. The Labute approximate surface area is 189 Å². The number of hydrogen-bond acceptors (Lipinski definition) is 0. The lowest BCUT2D eigenvalue weighted by molar-refractivity contribution is 0.462. The normalized spacial score (nSPS) is 21.3. The molecular formula is C29H47P. The molecule has 0 fully saturated rings. The van der Waals surface area contributed by atoms with Gasteiger partial charge in [-0.15, -0.1) is 0 Å². The molecule has 1 aliphatic carbocycles. The van der Waals surface area contributed by atoms with Gasteiger partial charge in [-0.3, -0.25) is 0 Å². The van der Waals surface area contributed by atoms with Crippen LogP contribution in [0.15, 0.2) is 47.6 Å². The van der Waals surface area contributed by atoms with Crippen molar-refractivity contribution in [2.45, 2.75) is 105 Å². The van der Waals surface area contributed by atoms with Crippen molar-refractivity contribution in [3.05, 3.63) is 53.1 Å². The number of benzene rings is 1. The van der Waals surface area contributed by atoms with Crippen molar-refractivity contribution in [3.8, 4) is 0 Å². The maximum atomic E-state index is 2.63. The summed E-state index contributed by atoms with van der Waals surface area (Å²) in [6, 6.07) is 11.3. The molecule has 0 saturated carbocycles. The predicted octanol–water partition coefficient (Wildman–Crippen LogP) is 9.56. The van der Waals surface area contributed by atoms with Crippen LogP contribution >= 0.6 is 7.92 Å². The minimum Gasteiger partial charge on any atom is -0.0841 e. The average molecular weight is 427 g/mol. The summed E-state index contributed by atoms with van der Waals surface area (Å²) in [4.78, 5) is 0. The van der Waals surface area contributed by atoms with Crippen LogP contribution in [0.1, 0.15) is 95.1 Å².